The fraction of sp³-hybridized carbons (Fsp3) is 0.389. The molecule has 0 spiro atoms. The molecular weight excluding hydrogens is 356 g/mol. The average molecular weight is 380 g/mol. The summed E-state index contributed by atoms with van der Waals surface area (Å²) in [4.78, 5) is 36.1. The van der Waals surface area contributed by atoms with Crippen LogP contribution in [0.5, 0.6) is 17.2 Å². The van der Waals surface area contributed by atoms with Gasteiger partial charge in [-0.25, -0.2) is 4.79 Å². The molecule has 0 saturated carbocycles. The van der Waals surface area contributed by atoms with E-state index in [0.29, 0.717) is 22.8 Å². The molecule has 9 nitrogen and oxygen atoms in total. The number of rotatable bonds is 9. The highest BCUT2D eigenvalue weighted by Crippen LogP contribution is 2.35. The molecule has 0 bridgehead atoms. The van der Waals surface area contributed by atoms with Gasteiger partial charge in [-0.1, -0.05) is 0 Å². The van der Waals surface area contributed by atoms with Crippen molar-refractivity contribution in [3.63, 3.8) is 0 Å². The number of nitrogens with one attached hydrogen (secondary N) is 1. The van der Waals surface area contributed by atoms with Gasteiger partial charge in [0.05, 0.1) is 27.9 Å². The molecule has 0 atom stereocenters. The van der Waals surface area contributed by atoms with E-state index in [1.165, 1.54) is 41.5 Å². The monoisotopic (exact) mass is 380 g/mol. The highest BCUT2D eigenvalue weighted by molar-refractivity contribution is 5.90. The Bertz CT molecular complexity index is 716. The summed E-state index contributed by atoms with van der Waals surface area (Å²) in [5.41, 5.74) is 0.565. The van der Waals surface area contributed by atoms with Gasteiger partial charge in [0.1, 0.15) is 5.75 Å². The van der Waals surface area contributed by atoms with Crippen molar-refractivity contribution in [2.45, 2.75) is 0 Å². The fourth-order valence-electron chi connectivity index (χ4n) is 2.01. The van der Waals surface area contributed by atoms with Crippen LogP contribution in [0.25, 0.3) is 6.08 Å². The van der Waals surface area contributed by atoms with Crippen LogP contribution in [-0.4, -0.2) is 71.3 Å². The van der Waals surface area contributed by atoms with E-state index in [2.05, 4.69) is 5.32 Å². The standard InChI is InChI=1S/C18H24N2O7/c1-19-16(21)10-20(2)17(22)11-27-18(23)7-6-12-8-14(25-4)15(26-5)9-13(12)24-3/h6-9H,10-11H2,1-5H3,(H,19,21)/b7-6+. The van der Waals surface area contributed by atoms with E-state index in [-0.39, 0.29) is 12.5 Å². The summed E-state index contributed by atoms with van der Waals surface area (Å²) >= 11 is 0. The molecule has 1 N–H and O–H groups in total. The van der Waals surface area contributed by atoms with E-state index in [1.807, 2.05) is 0 Å². The first-order valence-corrected chi connectivity index (χ1v) is 7.95. The second-order valence-corrected chi connectivity index (χ2v) is 5.31. The number of ether oxygens (including phenoxy) is 4. The molecular formula is C18H24N2O7. The zero-order valence-corrected chi connectivity index (χ0v) is 16.0. The van der Waals surface area contributed by atoms with Gasteiger partial charge in [-0.15, -0.1) is 0 Å². The van der Waals surface area contributed by atoms with Crippen LogP contribution in [0.3, 0.4) is 0 Å². The Morgan fingerprint density at radius 2 is 1.63 bits per heavy atom. The zero-order chi connectivity index (χ0) is 20.4. The normalized spacial score (nSPS) is 10.3. The van der Waals surface area contributed by atoms with Crippen LogP contribution in [0.2, 0.25) is 0 Å². The van der Waals surface area contributed by atoms with E-state index in [1.54, 1.807) is 12.1 Å². The van der Waals surface area contributed by atoms with Gasteiger partial charge in [-0.05, 0) is 12.1 Å². The maximum absolute atomic E-state index is 11.8. The second-order valence-electron chi connectivity index (χ2n) is 5.31. The summed E-state index contributed by atoms with van der Waals surface area (Å²) in [6, 6.07) is 3.27. The quantitative estimate of drug-likeness (QED) is 0.491. The lowest BCUT2D eigenvalue weighted by molar-refractivity contribution is -0.148. The van der Waals surface area contributed by atoms with Crippen molar-refractivity contribution in [1.29, 1.82) is 0 Å². The summed E-state index contributed by atoms with van der Waals surface area (Å²) in [7, 11) is 7.39. The topological polar surface area (TPSA) is 103 Å². The summed E-state index contributed by atoms with van der Waals surface area (Å²) in [5, 5.41) is 2.40. The van der Waals surface area contributed by atoms with Crippen LogP contribution in [0.1, 0.15) is 5.56 Å². The Labute approximate surface area is 157 Å². The lowest BCUT2D eigenvalue weighted by atomic mass is 10.1. The highest BCUT2D eigenvalue weighted by atomic mass is 16.5. The van der Waals surface area contributed by atoms with Crippen molar-refractivity contribution in [1.82, 2.24) is 10.2 Å². The number of hydrogen-bond acceptors (Lipinski definition) is 7. The predicted octanol–water partition coefficient (Wildman–Crippen LogP) is 0.473. The van der Waals surface area contributed by atoms with Gasteiger partial charge in [0, 0.05) is 31.8 Å². The molecule has 0 heterocycles. The Hall–Kier alpha value is -3.23. The highest BCUT2D eigenvalue weighted by Gasteiger charge is 2.14. The second kappa shape index (κ2) is 10.7. The van der Waals surface area contributed by atoms with Crippen molar-refractivity contribution in [2.24, 2.45) is 0 Å². The van der Waals surface area contributed by atoms with Crippen molar-refractivity contribution in [3.8, 4) is 17.2 Å². The number of carbonyl (C=O) groups is 3. The lowest BCUT2D eigenvalue weighted by Crippen LogP contribution is -2.38. The zero-order valence-electron chi connectivity index (χ0n) is 16.0. The Balaban J connectivity index is 2.73. The van der Waals surface area contributed by atoms with Crippen molar-refractivity contribution >= 4 is 23.9 Å². The molecule has 148 valence electrons. The molecule has 0 aromatic heterocycles. The van der Waals surface area contributed by atoms with Gasteiger partial charge in [-0.2, -0.15) is 0 Å². The minimum atomic E-state index is -0.714. The number of hydrogen-bond donors (Lipinski definition) is 1. The molecule has 1 aromatic carbocycles. The van der Waals surface area contributed by atoms with E-state index in [4.69, 9.17) is 18.9 Å². The number of methoxy groups -OCH3 is 3. The third kappa shape index (κ3) is 6.53. The number of nitrogens with zero attached hydrogens (tertiary/aromatic N) is 1. The smallest absolute Gasteiger partial charge is 0.331 e. The van der Waals surface area contributed by atoms with Gasteiger partial charge >= 0.3 is 5.97 Å². The van der Waals surface area contributed by atoms with Crippen LogP contribution < -0.4 is 19.5 Å². The molecule has 0 aliphatic rings. The van der Waals surface area contributed by atoms with Gasteiger partial charge in [-0.3, -0.25) is 9.59 Å². The van der Waals surface area contributed by atoms with Crippen molar-refractivity contribution in [3.05, 3.63) is 23.8 Å². The van der Waals surface area contributed by atoms with Crippen molar-refractivity contribution in [2.75, 3.05) is 48.6 Å². The first-order chi connectivity index (χ1) is 12.9. The van der Waals surface area contributed by atoms with Crippen molar-refractivity contribution < 1.29 is 33.3 Å². The van der Waals surface area contributed by atoms with Crippen LogP contribution in [-0.2, 0) is 19.1 Å². The Kier molecular flexibility index (Phi) is 8.64. The van der Waals surface area contributed by atoms with Gasteiger partial charge in [0.2, 0.25) is 5.91 Å². The molecule has 0 radical (unpaired) electrons. The van der Waals surface area contributed by atoms with Crippen LogP contribution >= 0.6 is 0 Å². The molecule has 0 aliphatic heterocycles. The molecule has 0 fully saturated rings. The number of benzene rings is 1. The molecule has 0 aliphatic carbocycles. The summed E-state index contributed by atoms with van der Waals surface area (Å²) in [5.74, 6) is -0.107. The molecule has 2 amide bonds. The average Bonchev–Trinajstić information content (AvgIpc) is 2.69. The molecule has 1 aromatic rings. The molecule has 0 saturated heterocycles. The maximum Gasteiger partial charge on any atom is 0.331 e. The third-order valence-corrected chi connectivity index (χ3v) is 3.56. The first kappa shape index (κ1) is 21.8. The fourth-order valence-corrected chi connectivity index (χ4v) is 2.01. The molecule has 9 heteroatoms. The molecule has 27 heavy (non-hydrogen) atoms. The summed E-state index contributed by atoms with van der Waals surface area (Å²) < 4.78 is 20.6. The number of esters is 1. The van der Waals surface area contributed by atoms with Crippen LogP contribution in [0.15, 0.2) is 18.2 Å². The Morgan fingerprint density at radius 3 is 2.19 bits per heavy atom. The summed E-state index contributed by atoms with van der Waals surface area (Å²) in [6.45, 7) is -0.592. The van der Waals surface area contributed by atoms with E-state index < -0.39 is 18.5 Å². The van der Waals surface area contributed by atoms with Crippen LogP contribution in [0.4, 0.5) is 0 Å². The van der Waals surface area contributed by atoms with Gasteiger partial charge in [0.15, 0.2) is 18.1 Å². The minimum Gasteiger partial charge on any atom is -0.496 e. The number of amides is 2. The largest absolute Gasteiger partial charge is 0.496 e. The molecule has 0 unspecified atom stereocenters. The van der Waals surface area contributed by atoms with E-state index in [9.17, 15) is 14.4 Å². The lowest BCUT2D eigenvalue weighted by Gasteiger charge is -2.15. The number of likely N-dealkylation sites (N-methyl/N-ethyl adjacent to an activating group) is 2. The van der Waals surface area contributed by atoms with E-state index >= 15 is 0 Å². The Morgan fingerprint density at radius 1 is 1.04 bits per heavy atom. The van der Waals surface area contributed by atoms with Crippen LogP contribution in [0, 0.1) is 0 Å². The molecule has 1 rings (SSSR count). The number of carbonyl (C=O) groups excluding carboxylic acids is 3. The first-order valence-electron chi connectivity index (χ1n) is 7.95. The SMILES string of the molecule is CNC(=O)CN(C)C(=O)COC(=O)/C=C/c1cc(OC)c(OC)cc1OC. The minimum absolute atomic E-state index is 0.119. The van der Waals surface area contributed by atoms with Gasteiger partial charge in [0.25, 0.3) is 5.91 Å². The summed E-state index contributed by atoms with van der Waals surface area (Å²) in [6.07, 6.45) is 2.64. The predicted molar refractivity (Wildman–Crippen MR) is 97.8 cm³/mol. The van der Waals surface area contributed by atoms with E-state index in [0.717, 1.165) is 11.0 Å². The van der Waals surface area contributed by atoms with Gasteiger partial charge < -0.3 is 29.2 Å². The third-order valence-electron chi connectivity index (χ3n) is 3.56. The maximum atomic E-state index is 11.8.